The van der Waals surface area contributed by atoms with Gasteiger partial charge in [0.1, 0.15) is 11.5 Å². The van der Waals surface area contributed by atoms with Crippen molar-refractivity contribution in [1.82, 2.24) is 5.01 Å². The molecule has 0 radical (unpaired) electrons. The van der Waals surface area contributed by atoms with E-state index in [1.165, 1.54) is 12.1 Å². The van der Waals surface area contributed by atoms with E-state index in [-0.39, 0.29) is 5.75 Å². The van der Waals surface area contributed by atoms with Gasteiger partial charge in [-0.15, -0.1) is 0 Å². The van der Waals surface area contributed by atoms with E-state index in [0.717, 1.165) is 0 Å². The lowest BCUT2D eigenvalue weighted by atomic mass is 10.1. The van der Waals surface area contributed by atoms with Crippen molar-refractivity contribution < 1.29 is 41.0 Å². The number of aliphatic hydroxyl groups is 1. The van der Waals surface area contributed by atoms with Crippen molar-refractivity contribution in [3.63, 3.8) is 0 Å². The minimum atomic E-state index is -5.54. The molecule has 1 aromatic carbocycles. The number of rotatable bonds is 3. The van der Waals surface area contributed by atoms with Gasteiger partial charge in [0.2, 0.25) is 0 Å². The highest BCUT2D eigenvalue weighted by Crippen LogP contribution is 2.43. The lowest BCUT2D eigenvalue weighted by Gasteiger charge is -2.32. The molecular weight excluding hydrogens is 358 g/mol. The smallest absolute Gasteiger partial charge is 0.438 e. The van der Waals surface area contributed by atoms with Crippen molar-refractivity contribution in [3.05, 3.63) is 29.8 Å². The summed E-state index contributed by atoms with van der Waals surface area (Å²) in [4.78, 5) is 11.9. The molecule has 0 saturated carbocycles. The first-order chi connectivity index (χ1) is 11.4. The Balaban J connectivity index is 2.24. The highest BCUT2D eigenvalue weighted by Gasteiger charge is 2.66. The molecule has 1 heterocycles. The first-order valence-electron chi connectivity index (χ1n) is 6.81. The van der Waals surface area contributed by atoms with Crippen molar-refractivity contribution in [2.75, 3.05) is 6.61 Å². The number of para-hydroxylation sites is 1. The van der Waals surface area contributed by atoms with E-state index in [9.17, 15) is 36.2 Å². The molecule has 138 valence electrons. The summed E-state index contributed by atoms with van der Waals surface area (Å²) in [7, 11) is 0. The molecule has 11 heteroatoms. The third kappa shape index (κ3) is 3.70. The fourth-order valence-electron chi connectivity index (χ4n) is 2.11. The molecule has 1 aliphatic heterocycles. The molecule has 0 bridgehead atoms. The highest BCUT2D eigenvalue weighted by molar-refractivity contribution is 5.94. The van der Waals surface area contributed by atoms with Crippen LogP contribution in [0.3, 0.4) is 0 Å². The van der Waals surface area contributed by atoms with Gasteiger partial charge in [-0.3, -0.25) is 4.79 Å². The maximum atomic E-state index is 13.0. The first kappa shape index (κ1) is 19.0. The molecule has 1 aliphatic rings. The molecule has 1 atom stereocenters. The third-order valence-corrected chi connectivity index (χ3v) is 3.45. The monoisotopic (exact) mass is 370 g/mol. The summed E-state index contributed by atoms with van der Waals surface area (Å²) in [5.41, 5.74) is -5.43. The van der Waals surface area contributed by atoms with Crippen molar-refractivity contribution in [2.45, 2.75) is 31.4 Å². The van der Waals surface area contributed by atoms with Gasteiger partial charge in [0.15, 0.2) is 6.61 Å². The zero-order valence-corrected chi connectivity index (χ0v) is 12.6. The van der Waals surface area contributed by atoms with Gasteiger partial charge in [-0.05, 0) is 18.6 Å². The van der Waals surface area contributed by atoms with Crippen molar-refractivity contribution in [1.29, 1.82) is 0 Å². The molecule has 0 fully saturated rings. The van der Waals surface area contributed by atoms with Crippen molar-refractivity contribution in [3.8, 4) is 5.75 Å². The van der Waals surface area contributed by atoms with E-state index in [1.54, 1.807) is 19.1 Å². The normalized spacial score (nSPS) is 21.3. The Morgan fingerprint density at radius 2 is 1.88 bits per heavy atom. The summed E-state index contributed by atoms with van der Waals surface area (Å²) in [6.45, 7) is 0.569. The molecule has 0 aromatic heterocycles. The molecule has 1 N–H and O–H groups in total. The molecule has 1 amide bonds. The van der Waals surface area contributed by atoms with Crippen molar-refractivity contribution in [2.24, 2.45) is 5.10 Å². The number of carbonyl (C=O) groups is 1. The summed E-state index contributed by atoms with van der Waals surface area (Å²) in [5, 5.41) is 11.7. The average Bonchev–Trinajstić information content (AvgIpc) is 2.85. The van der Waals surface area contributed by atoms with Crippen LogP contribution in [0.25, 0.3) is 0 Å². The fourth-order valence-corrected chi connectivity index (χ4v) is 2.11. The quantitative estimate of drug-likeness (QED) is 0.833. The van der Waals surface area contributed by atoms with Crippen LogP contribution < -0.4 is 4.74 Å². The number of nitrogens with zero attached hydrogens (tertiary/aromatic N) is 2. The number of hydrazone groups is 1. The number of aryl methyl sites for hydroxylation is 1. The Hall–Kier alpha value is -2.30. The second kappa shape index (κ2) is 6.21. The summed E-state index contributed by atoms with van der Waals surface area (Å²) in [6.07, 6.45) is -12.7. The Morgan fingerprint density at radius 1 is 1.28 bits per heavy atom. The maximum Gasteiger partial charge on any atom is 0.438 e. The Bertz CT molecular complexity index is 701. The molecule has 0 saturated heterocycles. The van der Waals surface area contributed by atoms with Crippen LogP contribution in [-0.4, -0.2) is 46.4 Å². The molecule has 2 rings (SSSR count). The van der Waals surface area contributed by atoms with E-state index < -0.39 is 47.7 Å². The summed E-state index contributed by atoms with van der Waals surface area (Å²) < 4.78 is 82.0. The van der Waals surface area contributed by atoms with E-state index in [1.807, 2.05) is 0 Å². The molecular formula is C14H12F6N2O3. The highest BCUT2D eigenvalue weighted by atomic mass is 19.4. The van der Waals surface area contributed by atoms with Crippen LogP contribution in [0, 0.1) is 6.92 Å². The summed E-state index contributed by atoms with van der Waals surface area (Å²) >= 11 is 0. The summed E-state index contributed by atoms with van der Waals surface area (Å²) in [6, 6.07) is 6.20. The number of benzene rings is 1. The zero-order chi connectivity index (χ0) is 19.0. The lowest BCUT2D eigenvalue weighted by molar-refractivity contribution is -0.302. The van der Waals surface area contributed by atoms with Crippen LogP contribution in [0.1, 0.15) is 12.0 Å². The van der Waals surface area contributed by atoms with Crippen LogP contribution >= 0.6 is 0 Å². The molecule has 0 spiro atoms. The van der Waals surface area contributed by atoms with Gasteiger partial charge in [-0.2, -0.15) is 36.5 Å². The van der Waals surface area contributed by atoms with Gasteiger partial charge < -0.3 is 9.84 Å². The topological polar surface area (TPSA) is 62.1 Å². The second-order valence-corrected chi connectivity index (χ2v) is 5.30. The van der Waals surface area contributed by atoms with Crippen molar-refractivity contribution >= 4 is 11.6 Å². The van der Waals surface area contributed by atoms with Crippen LogP contribution in [0.2, 0.25) is 0 Å². The standard InChI is InChI=1S/C14H12F6N2O3/c1-8-4-2-3-5-9(8)25-7-11(23)22-12(24,14(18,19)20)6-10(21-22)13(15,16)17/h2-5,24H,6-7H2,1H3/t12-/m0/s1. The van der Waals surface area contributed by atoms with E-state index in [0.29, 0.717) is 5.56 Å². The number of carbonyl (C=O) groups excluding carboxylic acids is 1. The van der Waals surface area contributed by atoms with E-state index in [2.05, 4.69) is 5.10 Å². The van der Waals surface area contributed by atoms with Crippen LogP contribution in [0.15, 0.2) is 29.4 Å². The SMILES string of the molecule is Cc1ccccc1OCC(=O)N1N=C(C(F)(F)F)C[C@]1(O)C(F)(F)F. The predicted octanol–water partition coefficient (Wildman–Crippen LogP) is 2.78. The molecule has 0 aliphatic carbocycles. The maximum absolute atomic E-state index is 13.0. The fraction of sp³-hybridized carbons (Fsp3) is 0.429. The lowest BCUT2D eigenvalue weighted by Crippen LogP contribution is -2.57. The molecule has 0 unspecified atom stereocenters. The first-order valence-corrected chi connectivity index (χ1v) is 6.81. The van der Waals surface area contributed by atoms with Crippen LogP contribution in [0.4, 0.5) is 26.3 Å². The number of halogens is 6. The summed E-state index contributed by atoms with van der Waals surface area (Å²) in [5.74, 6) is -1.41. The minimum Gasteiger partial charge on any atom is -0.483 e. The Morgan fingerprint density at radius 3 is 2.40 bits per heavy atom. The minimum absolute atomic E-state index is 0.158. The average molecular weight is 370 g/mol. The molecule has 25 heavy (non-hydrogen) atoms. The van der Waals surface area contributed by atoms with E-state index >= 15 is 0 Å². The Kier molecular flexibility index (Phi) is 4.73. The van der Waals surface area contributed by atoms with Gasteiger partial charge in [0, 0.05) is 0 Å². The number of hydrogen-bond acceptors (Lipinski definition) is 4. The Labute approximate surface area is 137 Å². The van der Waals surface area contributed by atoms with Gasteiger partial charge in [-0.1, -0.05) is 18.2 Å². The zero-order valence-electron chi connectivity index (χ0n) is 12.6. The number of hydrogen-bond donors (Lipinski definition) is 1. The predicted molar refractivity (Wildman–Crippen MR) is 72.6 cm³/mol. The second-order valence-electron chi connectivity index (χ2n) is 5.30. The van der Waals surface area contributed by atoms with Crippen LogP contribution in [-0.2, 0) is 4.79 Å². The van der Waals surface area contributed by atoms with Gasteiger partial charge in [0.05, 0.1) is 6.42 Å². The largest absolute Gasteiger partial charge is 0.483 e. The number of alkyl halides is 6. The number of amides is 1. The van der Waals surface area contributed by atoms with Gasteiger partial charge in [0.25, 0.3) is 11.6 Å². The number of ether oxygens (including phenoxy) is 1. The molecule has 5 nitrogen and oxygen atoms in total. The van der Waals surface area contributed by atoms with Gasteiger partial charge in [-0.25, -0.2) is 0 Å². The van der Waals surface area contributed by atoms with Gasteiger partial charge >= 0.3 is 12.4 Å². The third-order valence-electron chi connectivity index (χ3n) is 3.45. The van der Waals surface area contributed by atoms with Crippen LogP contribution in [0.5, 0.6) is 5.75 Å². The van der Waals surface area contributed by atoms with E-state index in [4.69, 9.17) is 4.74 Å². The molecule has 1 aromatic rings.